The summed E-state index contributed by atoms with van der Waals surface area (Å²) in [4.78, 5) is 57.6. The zero-order chi connectivity index (χ0) is 37.3. The maximum Gasteiger partial charge on any atom is 0.306 e. The number of benzene rings is 2. The van der Waals surface area contributed by atoms with Crippen LogP contribution in [0.15, 0.2) is 55.6 Å². The first-order valence-corrected chi connectivity index (χ1v) is 20.9. The van der Waals surface area contributed by atoms with E-state index in [1.807, 2.05) is 36.4 Å². The van der Waals surface area contributed by atoms with E-state index in [9.17, 15) is 27.6 Å². The minimum Gasteiger partial charge on any atom is -0.488 e. The lowest BCUT2D eigenvalue weighted by Gasteiger charge is -2.34. The van der Waals surface area contributed by atoms with Gasteiger partial charge in [-0.15, -0.1) is 6.58 Å². The van der Waals surface area contributed by atoms with E-state index >= 15 is 0 Å². The average molecular weight is 746 g/mol. The molecule has 5 atom stereocenters. The number of nitrogens with zero attached hydrogens (tertiary/aromatic N) is 1. The minimum absolute atomic E-state index is 0.0386. The Morgan fingerprint density at radius 2 is 1.72 bits per heavy atom. The Bertz CT molecular complexity index is 1900. The van der Waals surface area contributed by atoms with Crippen molar-refractivity contribution in [3.05, 3.63) is 61.2 Å². The van der Waals surface area contributed by atoms with Crippen LogP contribution in [0.3, 0.4) is 0 Å². The molecule has 0 aromatic heterocycles. The summed E-state index contributed by atoms with van der Waals surface area (Å²) in [6.07, 6.45) is 9.86. The number of allylic oxidation sites excluding steroid dienone is 1. The molecule has 53 heavy (non-hydrogen) atoms. The van der Waals surface area contributed by atoms with Gasteiger partial charge in [0, 0.05) is 17.9 Å². The Balaban J connectivity index is 1.22. The summed E-state index contributed by atoms with van der Waals surface area (Å²) < 4.78 is 40.1. The van der Waals surface area contributed by atoms with Crippen LogP contribution in [0.25, 0.3) is 16.3 Å². The van der Waals surface area contributed by atoms with Gasteiger partial charge >= 0.3 is 5.97 Å². The van der Waals surface area contributed by atoms with E-state index in [1.54, 1.807) is 6.08 Å². The third-order valence-corrected chi connectivity index (χ3v) is 13.8. The molecule has 3 saturated carbocycles. The number of carbonyl (C=O) groups is 4. The molecule has 0 unspecified atom stereocenters. The fraction of sp³-hybridized carbons (Fsp3) is 0.561. The molecule has 7 rings (SSSR count). The number of ether oxygens (including phenoxy) is 2. The van der Waals surface area contributed by atoms with Crippen LogP contribution in [0, 0.1) is 17.8 Å². The van der Waals surface area contributed by atoms with Gasteiger partial charge in [-0.3, -0.25) is 23.9 Å². The second kappa shape index (κ2) is 15.3. The highest BCUT2D eigenvalue weighted by molar-refractivity contribution is 7.91. The Kier molecular flexibility index (Phi) is 10.7. The Morgan fingerprint density at radius 3 is 2.45 bits per heavy atom. The second-order valence-corrected chi connectivity index (χ2v) is 17.6. The number of amides is 3. The van der Waals surface area contributed by atoms with Gasteiger partial charge in [-0.25, -0.2) is 8.42 Å². The number of sulfonamides is 1. The molecule has 2 aromatic carbocycles. The Labute approximate surface area is 312 Å². The molecule has 1 saturated heterocycles. The highest BCUT2D eigenvalue weighted by atomic mass is 32.2. The van der Waals surface area contributed by atoms with Crippen molar-refractivity contribution in [1.82, 2.24) is 14.9 Å². The monoisotopic (exact) mass is 745 g/mol. The van der Waals surface area contributed by atoms with E-state index in [-0.39, 0.29) is 44.2 Å². The Morgan fingerprint density at radius 1 is 0.962 bits per heavy atom. The molecule has 284 valence electrons. The number of esters is 1. The highest BCUT2D eigenvalue weighted by Crippen LogP contribution is 2.46. The number of rotatable bonds is 7. The first-order valence-electron chi connectivity index (χ1n) is 19.3. The van der Waals surface area contributed by atoms with Gasteiger partial charge in [0.25, 0.3) is 5.91 Å². The van der Waals surface area contributed by atoms with Crippen molar-refractivity contribution in [2.24, 2.45) is 17.8 Å². The second-order valence-electron chi connectivity index (χ2n) is 15.7. The predicted molar refractivity (Wildman–Crippen MR) is 201 cm³/mol. The van der Waals surface area contributed by atoms with E-state index in [4.69, 9.17) is 9.47 Å². The SMILES string of the molecule is C=C[C@@H]1C[C@]1(NC(=O)[C@@H]1C[C@@H]2CN1C(=O)[C@H](C1CCCCC1)CC(=O)OCCCCCC(=C)c1c(ccc3ccccc13)O2)C(=O)NS(=O)(=O)C1CC1. The van der Waals surface area contributed by atoms with Crippen molar-refractivity contribution >= 4 is 50.1 Å². The standard InChI is InChI=1S/C41H51N3O8S/c1-3-29-24-41(29,40(48)43-53(49,50)31-18-19-31)42-38(46)34-22-30-25-44(34)39(47)33(27-13-7-4-8-14-27)23-36(45)51-21-11-5-6-12-26(2)37-32-16-10-9-15-28(32)17-20-35(37)52-30/h3,9-10,15-17,20,27,29-31,33-34H,1-2,4-8,11-14,18-19,21-25H2,(H,42,46)(H,43,48)/t29-,30-,33+,34+,41-/m1/s1. The first-order chi connectivity index (χ1) is 25.5. The van der Waals surface area contributed by atoms with Gasteiger partial charge in [0.05, 0.1) is 30.7 Å². The maximum atomic E-state index is 14.8. The number of carbonyl (C=O) groups excluding carboxylic acids is 4. The molecule has 2 heterocycles. The number of nitrogens with one attached hydrogen (secondary N) is 2. The predicted octanol–water partition coefficient (Wildman–Crippen LogP) is 5.57. The van der Waals surface area contributed by atoms with Crippen LogP contribution in [-0.4, -0.2) is 73.1 Å². The fourth-order valence-electron chi connectivity index (χ4n) is 8.66. The van der Waals surface area contributed by atoms with Crippen molar-refractivity contribution in [2.45, 2.75) is 113 Å². The van der Waals surface area contributed by atoms with Gasteiger partial charge < -0.3 is 19.7 Å². The summed E-state index contributed by atoms with van der Waals surface area (Å²) in [5.41, 5.74) is 0.302. The normalized spacial score (nSPS) is 29.0. The number of cyclic esters (lactones) is 1. The van der Waals surface area contributed by atoms with Gasteiger partial charge in [0.2, 0.25) is 21.8 Å². The lowest BCUT2D eigenvalue weighted by molar-refractivity contribution is -0.152. The molecule has 2 bridgehead atoms. The van der Waals surface area contributed by atoms with Crippen molar-refractivity contribution < 1.29 is 37.1 Å². The van der Waals surface area contributed by atoms with Gasteiger partial charge in [0.1, 0.15) is 23.4 Å². The molecular formula is C41H51N3O8S. The molecular weight excluding hydrogens is 695 g/mol. The molecule has 2 aromatic rings. The fourth-order valence-corrected chi connectivity index (χ4v) is 10.0. The number of hydrogen-bond donors (Lipinski definition) is 2. The summed E-state index contributed by atoms with van der Waals surface area (Å²) in [6, 6.07) is 10.9. The topological polar surface area (TPSA) is 148 Å². The van der Waals surface area contributed by atoms with E-state index < -0.39 is 62.6 Å². The molecule has 12 heteroatoms. The van der Waals surface area contributed by atoms with Gasteiger partial charge in [-0.1, -0.05) is 62.2 Å². The zero-order valence-corrected chi connectivity index (χ0v) is 31.2. The molecule has 4 fully saturated rings. The molecule has 11 nitrogen and oxygen atoms in total. The maximum absolute atomic E-state index is 14.8. The lowest BCUT2D eigenvalue weighted by atomic mass is 9.77. The molecule has 2 N–H and O–H groups in total. The third kappa shape index (κ3) is 7.88. The van der Waals surface area contributed by atoms with Crippen molar-refractivity contribution in [1.29, 1.82) is 0 Å². The highest BCUT2D eigenvalue weighted by Gasteiger charge is 2.62. The van der Waals surface area contributed by atoms with Crippen molar-refractivity contribution in [3.63, 3.8) is 0 Å². The molecule has 3 aliphatic carbocycles. The van der Waals surface area contributed by atoms with Gasteiger partial charge in [-0.05, 0) is 86.1 Å². The van der Waals surface area contributed by atoms with E-state index in [1.165, 1.54) is 4.90 Å². The van der Waals surface area contributed by atoms with E-state index in [2.05, 4.69) is 23.2 Å². The van der Waals surface area contributed by atoms with Crippen LogP contribution in [-0.2, 0) is 33.9 Å². The number of hydrogen-bond acceptors (Lipinski definition) is 8. The lowest BCUT2D eigenvalue weighted by Crippen LogP contribution is -2.57. The summed E-state index contributed by atoms with van der Waals surface area (Å²) in [5.74, 6) is -2.67. The summed E-state index contributed by atoms with van der Waals surface area (Å²) in [5, 5.41) is 4.30. The summed E-state index contributed by atoms with van der Waals surface area (Å²) in [7, 11) is -3.87. The van der Waals surface area contributed by atoms with Crippen molar-refractivity contribution in [2.75, 3.05) is 13.2 Å². The summed E-state index contributed by atoms with van der Waals surface area (Å²) >= 11 is 0. The molecule has 3 amide bonds. The molecule has 2 aliphatic heterocycles. The smallest absolute Gasteiger partial charge is 0.306 e. The van der Waals surface area contributed by atoms with Gasteiger partial charge in [-0.2, -0.15) is 0 Å². The van der Waals surface area contributed by atoms with Crippen molar-refractivity contribution in [3.8, 4) is 5.75 Å². The molecule has 0 radical (unpaired) electrons. The minimum atomic E-state index is -3.87. The largest absolute Gasteiger partial charge is 0.488 e. The van der Waals surface area contributed by atoms with E-state index in [0.717, 1.165) is 66.9 Å². The van der Waals surface area contributed by atoms with Crippen LogP contribution in [0.4, 0.5) is 0 Å². The summed E-state index contributed by atoms with van der Waals surface area (Å²) in [6.45, 7) is 8.62. The van der Waals surface area contributed by atoms with E-state index in [0.29, 0.717) is 31.4 Å². The number of fused-ring (bicyclic) bond motifs is 5. The third-order valence-electron chi connectivity index (χ3n) is 11.9. The molecule has 5 aliphatic rings. The first kappa shape index (κ1) is 37.1. The average Bonchev–Trinajstić information content (AvgIpc) is 4.08. The van der Waals surface area contributed by atoms with Crippen LogP contribution < -0.4 is 14.8 Å². The zero-order valence-electron chi connectivity index (χ0n) is 30.4. The molecule has 0 spiro atoms. The Hall–Kier alpha value is -4.19. The van der Waals surface area contributed by atoms with Gasteiger partial charge in [0.15, 0.2) is 0 Å². The van der Waals surface area contributed by atoms with Crippen LogP contribution in [0.5, 0.6) is 5.75 Å². The quantitative estimate of drug-likeness (QED) is 0.276. The van der Waals surface area contributed by atoms with Crippen LogP contribution in [0.1, 0.15) is 95.5 Å². The van der Waals surface area contributed by atoms with Crippen LogP contribution in [0.2, 0.25) is 0 Å². The van der Waals surface area contributed by atoms with Crippen LogP contribution >= 0.6 is 0 Å².